The van der Waals surface area contributed by atoms with Gasteiger partial charge in [0.2, 0.25) is 5.91 Å². The molecule has 0 spiro atoms. The Labute approximate surface area is 175 Å². The van der Waals surface area contributed by atoms with Crippen molar-refractivity contribution in [3.05, 3.63) is 46.2 Å². The van der Waals surface area contributed by atoms with Gasteiger partial charge in [0.1, 0.15) is 0 Å². The molecule has 1 aromatic carbocycles. The summed E-state index contributed by atoms with van der Waals surface area (Å²) < 4.78 is 11.1. The predicted octanol–water partition coefficient (Wildman–Crippen LogP) is 3.54. The number of nitrogens with one attached hydrogen (secondary N) is 1. The maximum atomic E-state index is 13.0. The maximum absolute atomic E-state index is 13.0. The number of amides is 2. The lowest BCUT2D eigenvalue weighted by atomic mass is 9.87. The van der Waals surface area contributed by atoms with Gasteiger partial charge in [-0.2, -0.15) is 0 Å². The van der Waals surface area contributed by atoms with Gasteiger partial charge in [-0.15, -0.1) is 11.3 Å². The first-order chi connectivity index (χ1) is 14.1. The van der Waals surface area contributed by atoms with Gasteiger partial charge in [-0.25, -0.2) is 0 Å². The number of hydrogen-bond donors (Lipinski definition) is 1. The van der Waals surface area contributed by atoms with E-state index in [1.165, 1.54) is 11.3 Å². The molecule has 2 amide bonds. The fourth-order valence-electron chi connectivity index (χ4n) is 3.83. The number of carbonyl (C=O) groups is 2. The summed E-state index contributed by atoms with van der Waals surface area (Å²) in [5.41, 5.74) is 0.893. The highest BCUT2D eigenvalue weighted by atomic mass is 32.1. The number of likely N-dealkylation sites (tertiary alicyclic amines) is 1. The van der Waals surface area contributed by atoms with Gasteiger partial charge in [0.25, 0.3) is 5.91 Å². The van der Waals surface area contributed by atoms with Gasteiger partial charge in [0, 0.05) is 31.1 Å². The fraction of sp³-hybridized carbons (Fsp3) is 0.455. The lowest BCUT2D eigenvalue weighted by Crippen LogP contribution is -2.36. The maximum Gasteiger partial charge on any atom is 0.263 e. The van der Waals surface area contributed by atoms with E-state index in [0.717, 1.165) is 18.4 Å². The minimum Gasteiger partial charge on any atom is -0.493 e. The Morgan fingerprint density at radius 2 is 2.00 bits per heavy atom. The van der Waals surface area contributed by atoms with Crippen molar-refractivity contribution in [3.8, 4) is 11.5 Å². The van der Waals surface area contributed by atoms with E-state index >= 15 is 0 Å². The van der Waals surface area contributed by atoms with Gasteiger partial charge in [-0.3, -0.25) is 9.59 Å². The van der Waals surface area contributed by atoms with Crippen molar-refractivity contribution < 1.29 is 19.1 Å². The third-order valence-electron chi connectivity index (χ3n) is 5.34. The molecule has 1 aliphatic heterocycles. The Balaban J connectivity index is 1.91. The van der Waals surface area contributed by atoms with Gasteiger partial charge >= 0.3 is 0 Å². The van der Waals surface area contributed by atoms with Crippen molar-refractivity contribution in [3.63, 3.8) is 0 Å². The molecule has 1 saturated heterocycles. The molecule has 29 heavy (non-hydrogen) atoms. The molecule has 1 aromatic heterocycles. The first-order valence-corrected chi connectivity index (χ1v) is 10.8. The average molecular weight is 417 g/mol. The van der Waals surface area contributed by atoms with Crippen LogP contribution in [0.15, 0.2) is 35.7 Å². The summed E-state index contributed by atoms with van der Waals surface area (Å²) in [5.74, 6) is 0.697. The van der Waals surface area contributed by atoms with Crippen molar-refractivity contribution >= 4 is 23.2 Å². The predicted molar refractivity (Wildman–Crippen MR) is 114 cm³/mol. The Morgan fingerprint density at radius 3 is 2.66 bits per heavy atom. The third kappa shape index (κ3) is 4.56. The first kappa shape index (κ1) is 21.2. The molecule has 6 nitrogen and oxygen atoms in total. The number of nitrogens with zero attached hydrogens (tertiary/aromatic N) is 1. The Hall–Kier alpha value is -2.54. The van der Waals surface area contributed by atoms with E-state index in [-0.39, 0.29) is 23.7 Å². The normalized spacial score (nSPS) is 18.5. The number of carbonyl (C=O) groups excluding carboxylic acids is 2. The molecule has 1 aliphatic rings. The summed E-state index contributed by atoms with van der Waals surface area (Å²) in [7, 11) is 3.19. The van der Waals surface area contributed by atoms with Crippen LogP contribution in [-0.2, 0) is 4.79 Å². The Kier molecular flexibility index (Phi) is 7.14. The molecule has 0 saturated carbocycles. The topological polar surface area (TPSA) is 67.9 Å². The van der Waals surface area contributed by atoms with Crippen molar-refractivity contribution in [1.82, 2.24) is 10.2 Å². The third-order valence-corrected chi connectivity index (χ3v) is 6.20. The number of methoxy groups -OCH3 is 2. The summed E-state index contributed by atoms with van der Waals surface area (Å²) in [6.45, 7) is 3.59. The van der Waals surface area contributed by atoms with E-state index in [1.807, 2.05) is 35.7 Å². The highest BCUT2D eigenvalue weighted by Crippen LogP contribution is 2.42. The number of rotatable bonds is 8. The summed E-state index contributed by atoms with van der Waals surface area (Å²) >= 11 is 1.42. The monoisotopic (exact) mass is 416 g/mol. The van der Waals surface area contributed by atoms with Crippen LogP contribution >= 0.6 is 11.3 Å². The standard InChI is InChI=1S/C22H28N2O4S/c1-4-5-11-23-21(25)17-14-24(22(26)19-10-7-12-29-19)13-16(17)15-8-6-9-18(27-2)20(15)28-3/h6-10,12,16-17H,4-5,11,13-14H2,1-3H3,(H,23,25)/t16-,17+/m1/s1. The van der Waals surface area contributed by atoms with Crippen LogP contribution in [0.25, 0.3) is 0 Å². The molecular formula is C22H28N2O4S. The van der Waals surface area contributed by atoms with E-state index in [0.29, 0.717) is 36.0 Å². The highest BCUT2D eigenvalue weighted by Gasteiger charge is 2.42. The first-order valence-electron chi connectivity index (χ1n) is 9.92. The Morgan fingerprint density at radius 1 is 1.17 bits per heavy atom. The largest absolute Gasteiger partial charge is 0.493 e. The van der Waals surface area contributed by atoms with Gasteiger partial charge in [-0.1, -0.05) is 31.5 Å². The Bertz CT molecular complexity index is 837. The fourth-order valence-corrected chi connectivity index (χ4v) is 4.52. The molecule has 0 unspecified atom stereocenters. The van der Waals surface area contributed by atoms with E-state index in [2.05, 4.69) is 12.2 Å². The molecule has 0 radical (unpaired) electrons. The SMILES string of the molecule is CCCCNC(=O)[C@H]1CN(C(=O)c2cccs2)C[C@@H]1c1cccc(OC)c1OC. The summed E-state index contributed by atoms with van der Waals surface area (Å²) in [6.07, 6.45) is 1.95. The molecule has 3 rings (SSSR count). The van der Waals surface area contributed by atoms with Crippen LogP contribution < -0.4 is 14.8 Å². The molecule has 2 aromatic rings. The summed E-state index contributed by atoms with van der Waals surface area (Å²) in [5, 5.41) is 4.93. The second kappa shape index (κ2) is 9.78. The number of para-hydroxylation sites is 1. The van der Waals surface area contributed by atoms with Gasteiger partial charge in [0.05, 0.1) is 25.0 Å². The summed E-state index contributed by atoms with van der Waals surface area (Å²) in [4.78, 5) is 28.4. The van der Waals surface area contributed by atoms with E-state index < -0.39 is 0 Å². The van der Waals surface area contributed by atoms with Crippen LogP contribution in [0, 0.1) is 5.92 Å². The molecule has 156 valence electrons. The van der Waals surface area contributed by atoms with Gasteiger partial charge in [0.15, 0.2) is 11.5 Å². The molecule has 7 heteroatoms. The molecular weight excluding hydrogens is 388 g/mol. The van der Waals surface area contributed by atoms with Crippen LogP contribution in [0.2, 0.25) is 0 Å². The molecule has 2 atom stereocenters. The minimum atomic E-state index is -0.336. The van der Waals surface area contributed by atoms with Crippen molar-refractivity contribution in [2.45, 2.75) is 25.7 Å². The van der Waals surface area contributed by atoms with Crippen LogP contribution in [0.1, 0.15) is 40.9 Å². The van der Waals surface area contributed by atoms with Crippen molar-refractivity contribution in [2.75, 3.05) is 33.9 Å². The molecule has 0 aliphatic carbocycles. The van der Waals surface area contributed by atoms with Crippen LogP contribution in [0.3, 0.4) is 0 Å². The molecule has 0 bridgehead atoms. The lowest BCUT2D eigenvalue weighted by Gasteiger charge is -2.21. The van der Waals surface area contributed by atoms with Crippen LogP contribution in [0.4, 0.5) is 0 Å². The zero-order valence-electron chi connectivity index (χ0n) is 17.1. The van der Waals surface area contributed by atoms with E-state index in [4.69, 9.17) is 9.47 Å². The molecule has 2 heterocycles. The number of unbranched alkanes of at least 4 members (excludes halogenated alkanes) is 1. The van der Waals surface area contributed by atoms with Crippen molar-refractivity contribution in [1.29, 1.82) is 0 Å². The van der Waals surface area contributed by atoms with Gasteiger partial charge in [-0.05, 0) is 23.9 Å². The molecule has 1 N–H and O–H groups in total. The molecule has 1 fully saturated rings. The van der Waals surface area contributed by atoms with E-state index in [9.17, 15) is 9.59 Å². The minimum absolute atomic E-state index is 0.0187. The number of thiophene rings is 1. The second-order valence-corrected chi connectivity index (χ2v) is 8.08. The highest BCUT2D eigenvalue weighted by molar-refractivity contribution is 7.12. The number of ether oxygens (including phenoxy) is 2. The van der Waals surface area contributed by atoms with Crippen molar-refractivity contribution in [2.24, 2.45) is 5.92 Å². The number of benzene rings is 1. The van der Waals surface area contributed by atoms with Crippen LogP contribution in [-0.4, -0.2) is 50.6 Å². The second-order valence-electron chi connectivity index (χ2n) is 7.13. The lowest BCUT2D eigenvalue weighted by molar-refractivity contribution is -0.124. The average Bonchev–Trinajstić information content (AvgIpc) is 3.43. The van der Waals surface area contributed by atoms with E-state index in [1.54, 1.807) is 19.1 Å². The quantitative estimate of drug-likeness (QED) is 0.669. The number of hydrogen-bond acceptors (Lipinski definition) is 5. The summed E-state index contributed by atoms with van der Waals surface area (Å²) in [6, 6.07) is 9.38. The smallest absolute Gasteiger partial charge is 0.263 e. The van der Waals surface area contributed by atoms with Crippen LogP contribution in [0.5, 0.6) is 11.5 Å². The zero-order chi connectivity index (χ0) is 20.8. The van der Waals surface area contributed by atoms with Gasteiger partial charge < -0.3 is 19.7 Å². The zero-order valence-corrected chi connectivity index (χ0v) is 18.0.